The number of rotatable bonds is 12. The highest BCUT2D eigenvalue weighted by molar-refractivity contribution is 4.64. The van der Waals surface area contributed by atoms with E-state index in [0.29, 0.717) is 26.4 Å². The Morgan fingerprint density at radius 1 is 1.37 bits per heavy atom. The molecule has 0 aromatic rings. The predicted octanol–water partition coefficient (Wildman–Crippen LogP) is 0.949. The van der Waals surface area contributed by atoms with Crippen LogP contribution in [-0.4, -0.2) is 63.4 Å². The van der Waals surface area contributed by atoms with Crippen molar-refractivity contribution in [3.63, 3.8) is 0 Å². The second-order valence-corrected chi connectivity index (χ2v) is 5.00. The molecule has 0 aromatic carbocycles. The molecule has 0 aromatic heterocycles. The standard InChI is InChI=1S/C14H29NO4/c1-2-3-7-17-9-6-15-10-13(16)11-18-12-14-5-4-8-19-14/h13-16H,2-12H2,1H3. The van der Waals surface area contributed by atoms with Crippen LogP contribution < -0.4 is 5.32 Å². The van der Waals surface area contributed by atoms with Crippen LogP contribution in [0, 0.1) is 0 Å². The normalized spacial score (nSPS) is 20.8. The van der Waals surface area contributed by atoms with Crippen LogP contribution in [0.3, 0.4) is 0 Å². The van der Waals surface area contributed by atoms with Gasteiger partial charge in [-0.15, -0.1) is 0 Å². The summed E-state index contributed by atoms with van der Waals surface area (Å²) in [6.45, 7) is 6.79. The van der Waals surface area contributed by atoms with Gasteiger partial charge in [0, 0.05) is 26.3 Å². The van der Waals surface area contributed by atoms with Crippen molar-refractivity contribution in [2.45, 2.75) is 44.8 Å². The topological polar surface area (TPSA) is 60.0 Å². The lowest BCUT2D eigenvalue weighted by molar-refractivity contribution is -0.0167. The molecule has 1 fully saturated rings. The largest absolute Gasteiger partial charge is 0.389 e. The molecule has 2 atom stereocenters. The Bertz CT molecular complexity index is 198. The number of hydrogen-bond donors (Lipinski definition) is 2. The van der Waals surface area contributed by atoms with Crippen molar-refractivity contribution in [3.05, 3.63) is 0 Å². The summed E-state index contributed by atoms with van der Waals surface area (Å²) >= 11 is 0. The van der Waals surface area contributed by atoms with E-state index in [9.17, 15) is 5.11 Å². The van der Waals surface area contributed by atoms with Crippen molar-refractivity contribution in [2.75, 3.05) is 46.1 Å². The fraction of sp³-hybridized carbons (Fsp3) is 1.00. The molecule has 1 rings (SSSR count). The lowest BCUT2D eigenvalue weighted by atomic mass is 10.2. The minimum absolute atomic E-state index is 0.229. The number of hydrogen-bond acceptors (Lipinski definition) is 5. The molecule has 19 heavy (non-hydrogen) atoms. The summed E-state index contributed by atoms with van der Waals surface area (Å²) < 4.78 is 16.3. The van der Waals surface area contributed by atoms with Crippen molar-refractivity contribution in [2.24, 2.45) is 0 Å². The number of aliphatic hydroxyl groups excluding tert-OH is 1. The molecule has 0 amide bonds. The summed E-state index contributed by atoms with van der Waals surface area (Å²) in [5, 5.41) is 12.8. The van der Waals surface area contributed by atoms with Crippen molar-refractivity contribution < 1.29 is 19.3 Å². The fourth-order valence-corrected chi connectivity index (χ4v) is 1.93. The average molecular weight is 275 g/mol. The second kappa shape index (κ2) is 11.6. The summed E-state index contributed by atoms with van der Waals surface area (Å²) in [5.41, 5.74) is 0. The van der Waals surface area contributed by atoms with Gasteiger partial charge in [-0.25, -0.2) is 0 Å². The quantitative estimate of drug-likeness (QED) is 0.519. The molecule has 1 aliphatic heterocycles. The van der Waals surface area contributed by atoms with Crippen molar-refractivity contribution >= 4 is 0 Å². The van der Waals surface area contributed by atoms with Gasteiger partial charge in [0.05, 0.1) is 32.0 Å². The van der Waals surface area contributed by atoms with E-state index in [1.54, 1.807) is 0 Å². The van der Waals surface area contributed by atoms with Gasteiger partial charge in [0.15, 0.2) is 0 Å². The number of unbranched alkanes of at least 4 members (excludes halogenated alkanes) is 1. The Labute approximate surface area is 116 Å². The molecular formula is C14H29NO4. The molecule has 0 saturated carbocycles. The van der Waals surface area contributed by atoms with Gasteiger partial charge in [0.25, 0.3) is 0 Å². The SMILES string of the molecule is CCCCOCCNCC(O)COCC1CCCO1. The van der Waals surface area contributed by atoms with E-state index in [1.165, 1.54) is 0 Å². The minimum Gasteiger partial charge on any atom is -0.389 e. The van der Waals surface area contributed by atoms with E-state index in [4.69, 9.17) is 14.2 Å². The number of ether oxygens (including phenoxy) is 3. The summed E-state index contributed by atoms with van der Waals surface area (Å²) in [6, 6.07) is 0. The molecule has 2 N–H and O–H groups in total. The van der Waals surface area contributed by atoms with Gasteiger partial charge in [-0.3, -0.25) is 0 Å². The van der Waals surface area contributed by atoms with Crippen LogP contribution in [0.1, 0.15) is 32.6 Å². The fourth-order valence-electron chi connectivity index (χ4n) is 1.93. The average Bonchev–Trinajstić information content (AvgIpc) is 2.91. The highest BCUT2D eigenvalue weighted by Crippen LogP contribution is 2.11. The molecular weight excluding hydrogens is 246 g/mol. The third-order valence-corrected chi connectivity index (χ3v) is 3.08. The Morgan fingerprint density at radius 2 is 2.26 bits per heavy atom. The smallest absolute Gasteiger partial charge is 0.0897 e. The molecule has 0 aliphatic carbocycles. The lowest BCUT2D eigenvalue weighted by Crippen LogP contribution is -2.33. The first kappa shape index (κ1) is 16.9. The minimum atomic E-state index is -0.461. The van der Waals surface area contributed by atoms with E-state index in [0.717, 1.165) is 45.4 Å². The van der Waals surface area contributed by atoms with Gasteiger partial charge < -0.3 is 24.6 Å². The Balaban J connectivity index is 1.80. The maximum absolute atomic E-state index is 9.69. The first-order valence-electron chi connectivity index (χ1n) is 7.48. The van der Waals surface area contributed by atoms with E-state index in [2.05, 4.69) is 12.2 Å². The monoisotopic (exact) mass is 275 g/mol. The van der Waals surface area contributed by atoms with Crippen LogP contribution in [0.15, 0.2) is 0 Å². The zero-order chi connectivity index (χ0) is 13.8. The van der Waals surface area contributed by atoms with Gasteiger partial charge in [-0.1, -0.05) is 13.3 Å². The van der Waals surface area contributed by atoms with Crippen LogP contribution >= 0.6 is 0 Å². The van der Waals surface area contributed by atoms with Gasteiger partial charge in [-0.2, -0.15) is 0 Å². The van der Waals surface area contributed by atoms with Crippen molar-refractivity contribution in [1.82, 2.24) is 5.32 Å². The molecule has 1 aliphatic rings. The summed E-state index contributed by atoms with van der Waals surface area (Å²) in [7, 11) is 0. The first-order chi connectivity index (χ1) is 9.33. The highest BCUT2D eigenvalue weighted by Gasteiger charge is 2.15. The molecule has 5 heteroatoms. The van der Waals surface area contributed by atoms with Gasteiger partial charge in [-0.05, 0) is 19.3 Å². The third kappa shape index (κ3) is 9.35. The maximum Gasteiger partial charge on any atom is 0.0897 e. The number of nitrogens with one attached hydrogen (secondary N) is 1. The van der Waals surface area contributed by atoms with Crippen LogP contribution in [0.2, 0.25) is 0 Å². The lowest BCUT2D eigenvalue weighted by Gasteiger charge is -2.14. The Hall–Kier alpha value is -0.200. The van der Waals surface area contributed by atoms with Crippen LogP contribution in [0.5, 0.6) is 0 Å². The summed E-state index contributed by atoms with van der Waals surface area (Å²) in [6.07, 6.45) is 4.23. The molecule has 1 saturated heterocycles. The van der Waals surface area contributed by atoms with E-state index in [1.807, 2.05) is 0 Å². The summed E-state index contributed by atoms with van der Waals surface area (Å²) in [4.78, 5) is 0. The van der Waals surface area contributed by atoms with Gasteiger partial charge in [0.2, 0.25) is 0 Å². The van der Waals surface area contributed by atoms with Crippen LogP contribution in [0.25, 0.3) is 0 Å². The Morgan fingerprint density at radius 3 is 3.00 bits per heavy atom. The zero-order valence-corrected chi connectivity index (χ0v) is 12.1. The molecule has 2 unspecified atom stereocenters. The zero-order valence-electron chi connectivity index (χ0n) is 12.1. The molecule has 5 nitrogen and oxygen atoms in total. The molecule has 0 spiro atoms. The van der Waals surface area contributed by atoms with E-state index < -0.39 is 6.10 Å². The van der Waals surface area contributed by atoms with Gasteiger partial charge in [0.1, 0.15) is 0 Å². The maximum atomic E-state index is 9.69. The van der Waals surface area contributed by atoms with Crippen molar-refractivity contribution in [1.29, 1.82) is 0 Å². The molecule has 1 heterocycles. The van der Waals surface area contributed by atoms with Gasteiger partial charge >= 0.3 is 0 Å². The Kier molecular flexibility index (Phi) is 10.3. The van der Waals surface area contributed by atoms with Crippen LogP contribution in [-0.2, 0) is 14.2 Å². The first-order valence-corrected chi connectivity index (χ1v) is 7.48. The molecule has 0 bridgehead atoms. The van der Waals surface area contributed by atoms with Crippen molar-refractivity contribution in [3.8, 4) is 0 Å². The second-order valence-electron chi connectivity index (χ2n) is 5.00. The predicted molar refractivity (Wildman–Crippen MR) is 74.4 cm³/mol. The summed E-state index contributed by atoms with van der Waals surface area (Å²) in [5.74, 6) is 0. The highest BCUT2D eigenvalue weighted by atomic mass is 16.5. The number of aliphatic hydroxyl groups is 1. The van der Waals surface area contributed by atoms with Crippen LogP contribution in [0.4, 0.5) is 0 Å². The van der Waals surface area contributed by atoms with E-state index in [-0.39, 0.29) is 6.10 Å². The molecule has 114 valence electrons. The molecule has 0 radical (unpaired) electrons. The van der Waals surface area contributed by atoms with E-state index >= 15 is 0 Å². The third-order valence-electron chi connectivity index (χ3n) is 3.08.